The second-order valence-electron chi connectivity index (χ2n) is 21.0. The van der Waals surface area contributed by atoms with E-state index in [4.69, 9.17) is 28.4 Å². The first kappa shape index (κ1) is 59.8. The lowest BCUT2D eigenvalue weighted by atomic mass is 10.0. The van der Waals surface area contributed by atoms with E-state index < -0.39 is 66.1 Å². The Kier molecular flexibility index (Phi) is 17.5. The molecule has 10 rings (SSSR count). The van der Waals surface area contributed by atoms with Crippen LogP contribution < -0.4 is 45.4 Å². The summed E-state index contributed by atoms with van der Waals surface area (Å²) in [5.41, 5.74) is 6.65. The van der Waals surface area contributed by atoms with Gasteiger partial charge in [-0.2, -0.15) is 26.3 Å². The average molecular weight is 1150 g/mol. The van der Waals surface area contributed by atoms with E-state index in [1.54, 1.807) is 38.1 Å². The van der Waals surface area contributed by atoms with Gasteiger partial charge >= 0.3 is 30.4 Å². The Labute approximate surface area is 461 Å². The van der Waals surface area contributed by atoms with E-state index in [1.807, 2.05) is 32.6 Å². The SMILES string of the molecule is C[C@@H](N)C(F)(F)F.Cc1nc(C(=O)C[C@H](C)C(F)(F)F)nc2c1N1CC[C@@H](C1)N2C(=O)Nc1cc(OC[C@H]2COC(C)(C)O2)ccn1.Cc1nc(C(=O)O)nc2c1N1CC[C@@H](C1)N2C(=O)Nc1cc(OC[C@H]2COC(C)(C)O2)ccn1. The molecule has 10 heterocycles. The van der Waals surface area contributed by atoms with Crippen molar-refractivity contribution in [3.63, 3.8) is 0 Å². The Morgan fingerprint density at radius 2 is 1.14 bits per heavy atom. The van der Waals surface area contributed by atoms with Crippen LogP contribution in [0.3, 0.4) is 0 Å². The number of nitrogens with one attached hydrogen (secondary N) is 2. The molecule has 6 atom stereocenters. The molecular formula is C51H63F6N13O11. The molecule has 4 bridgehead atoms. The van der Waals surface area contributed by atoms with Gasteiger partial charge in [-0.15, -0.1) is 0 Å². The number of carboxylic acids is 1. The van der Waals surface area contributed by atoms with Crippen LogP contribution in [-0.4, -0.2) is 166 Å². The Hall–Kier alpha value is -7.28. The Balaban J connectivity index is 0.000000192. The zero-order valence-electron chi connectivity index (χ0n) is 45.6. The molecule has 0 spiro atoms. The standard InChI is InChI=1S/C26H31F3N6O5.C22H26N6O6.C3H6F3N/c1-14(26(27,28)29)9-19(36)22-31-15(2)21-23(33-22)35(16-6-8-34(21)11-16)24(37)32-20-10-17(5-7-30-20)38-12-18-13-39-25(3,4)40-18;1-12-17-19(26-18(24-12)20(29)30)28(13-5-7-27(17)9-13)21(31)25-16-8-14(4-6-23-16)32-10-15-11-33-22(2,3)34-15;1-2(7)3(4,5)6/h5,7,10,14,16,18H,6,8-9,11-13H2,1-4H3,(H,30,32,37);4,6,8,13,15H,5,7,9-11H2,1-3H3,(H,29,30)(H,23,25,31);2H,7H2,1H3/t14-,16-,18-;13-,15-;2-/m001/s1. The number of carbonyl (C=O) groups is 4. The number of fused-ring (bicyclic) bond motifs is 8. The van der Waals surface area contributed by atoms with E-state index in [2.05, 4.69) is 51.2 Å². The van der Waals surface area contributed by atoms with E-state index in [1.165, 1.54) is 22.2 Å². The number of hydrogen-bond donors (Lipinski definition) is 4. The first-order valence-electron chi connectivity index (χ1n) is 25.9. The van der Waals surface area contributed by atoms with Crippen LogP contribution in [0.2, 0.25) is 0 Å². The number of amides is 4. The first-order chi connectivity index (χ1) is 37.9. The van der Waals surface area contributed by atoms with Crippen molar-refractivity contribution < 1.29 is 79.0 Å². The third kappa shape index (κ3) is 14.4. The fourth-order valence-corrected chi connectivity index (χ4v) is 9.61. The van der Waals surface area contributed by atoms with E-state index in [0.29, 0.717) is 91.8 Å². The molecule has 4 fully saturated rings. The summed E-state index contributed by atoms with van der Waals surface area (Å²) in [6.07, 6.45) is -5.54. The van der Waals surface area contributed by atoms with Crippen molar-refractivity contribution >= 4 is 58.5 Å². The van der Waals surface area contributed by atoms with E-state index in [-0.39, 0.29) is 54.2 Å². The van der Waals surface area contributed by atoms with Crippen molar-refractivity contribution in [2.24, 2.45) is 11.7 Å². The summed E-state index contributed by atoms with van der Waals surface area (Å²) < 4.78 is 107. The lowest BCUT2D eigenvalue weighted by molar-refractivity contribution is -0.168. The molecule has 0 aromatic carbocycles. The Bertz CT molecular complexity index is 2990. The van der Waals surface area contributed by atoms with Gasteiger partial charge in [-0.1, -0.05) is 6.92 Å². The minimum absolute atomic E-state index is 0.134. The number of ketones is 1. The highest BCUT2D eigenvalue weighted by molar-refractivity contribution is 6.06. The lowest BCUT2D eigenvalue weighted by Crippen LogP contribution is -2.49. The molecule has 4 aromatic heterocycles. The fourth-order valence-electron chi connectivity index (χ4n) is 9.61. The molecular weight excluding hydrogens is 1080 g/mol. The van der Waals surface area contributed by atoms with Crippen LogP contribution in [0.1, 0.15) is 93.4 Å². The van der Waals surface area contributed by atoms with Crippen molar-refractivity contribution in [3.8, 4) is 11.5 Å². The van der Waals surface area contributed by atoms with E-state index >= 15 is 0 Å². The van der Waals surface area contributed by atoms with Crippen LogP contribution in [0.4, 0.5) is 70.6 Å². The second-order valence-corrected chi connectivity index (χ2v) is 21.0. The maximum atomic E-state index is 13.6. The summed E-state index contributed by atoms with van der Waals surface area (Å²) in [6.45, 7) is 16.5. The minimum atomic E-state index is -4.52. The van der Waals surface area contributed by atoms with Gasteiger partial charge in [0, 0.05) is 57.1 Å². The number of rotatable bonds is 12. The Morgan fingerprint density at radius 1 is 0.716 bits per heavy atom. The van der Waals surface area contributed by atoms with Gasteiger partial charge < -0.3 is 49.1 Å². The molecule has 0 saturated carbocycles. The van der Waals surface area contributed by atoms with Crippen molar-refractivity contribution in [2.45, 2.75) is 129 Å². The largest absolute Gasteiger partial charge is 0.491 e. The van der Waals surface area contributed by atoms with Gasteiger partial charge in [0.15, 0.2) is 29.0 Å². The van der Waals surface area contributed by atoms with Gasteiger partial charge in [-0.3, -0.25) is 25.2 Å². The summed E-state index contributed by atoms with van der Waals surface area (Å²) in [7, 11) is 0. The number of halogens is 6. The maximum Gasteiger partial charge on any atom is 0.403 e. The first-order valence-corrected chi connectivity index (χ1v) is 25.9. The van der Waals surface area contributed by atoms with Crippen molar-refractivity contribution in [1.82, 2.24) is 29.9 Å². The number of carboxylic acid groups (broad SMARTS) is 1. The number of hydrogen-bond acceptors (Lipinski definition) is 19. The Morgan fingerprint density at radius 3 is 1.52 bits per heavy atom. The van der Waals surface area contributed by atoms with E-state index in [9.17, 15) is 50.6 Å². The van der Waals surface area contributed by atoms with Crippen molar-refractivity contribution in [3.05, 3.63) is 59.7 Å². The number of urea groups is 2. The number of anilines is 6. The number of Topliss-reactive ketones (excluding diaryl/α,β-unsaturated/α-hetero) is 1. The summed E-state index contributed by atoms with van der Waals surface area (Å²) in [4.78, 5) is 83.5. The van der Waals surface area contributed by atoms with Gasteiger partial charge in [0.1, 0.15) is 59.9 Å². The highest BCUT2D eigenvalue weighted by atomic mass is 19.4. The number of ether oxygens (including phenoxy) is 6. The van der Waals surface area contributed by atoms with Crippen LogP contribution in [0.5, 0.6) is 11.5 Å². The normalized spacial score (nSPS) is 21.8. The molecule has 5 N–H and O–H groups in total. The number of alkyl halides is 6. The van der Waals surface area contributed by atoms with Gasteiger partial charge in [0.25, 0.3) is 0 Å². The number of carbonyl (C=O) groups excluding carboxylic acids is 3. The van der Waals surface area contributed by atoms with Gasteiger partial charge in [-0.25, -0.2) is 44.3 Å². The quantitative estimate of drug-likeness (QED) is 0.0816. The summed E-state index contributed by atoms with van der Waals surface area (Å²) in [5, 5.41) is 15.0. The number of aromatic nitrogens is 6. The highest BCUT2D eigenvalue weighted by Crippen LogP contribution is 2.43. The summed E-state index contributed by atoms with van der Waals surface area (Å²) in [5.74, 6) is -3.91. The molecule has 440 valence electrons. The van der Waals surface area contributed by atoms with Crippen LogP contribution in [0, 0.1) is 19.8 Å². The molecule has 30 heteroatoms. The molecule has 6 aliphatic rings. The van der Waals surface area contributed by atoms with Crippen LogP contribution in [0.25, 0.3) is 0 Å². The van der Waals surface area contributed by atoms with E-state index in [0.717, 1.165) is 26.8 Å². The lowest BCUT2D eigenvalue weighted by Gasteiger charge is -2.36. The number of nitrogens with zero attached hydrogens (tertiary/aromatic N) is 10. The number of aryl methyl sites for hydroxylation is 2. The van der Waals surface area contributed by atoms with Crippen molar-refractivity contribution in [1.29, 1.82) is 0 Å². The maximum absolute atomic E-state index is 13.6. The fraction of sp³-hybridized carbons (Fsp3) is 0.569. The third-order valence-corrected chi connectivity index (χ3v) is 13.6. The highest BCUT2D eigenvalue weighted by Gasteiger charge is 2.45. The van der Waals surface area contributed by atoms with Crippen LogP contribution >= 0.6 is 0 Å². The third-order valence-electron chi connectivity index (χ3n) is 13.6. The predicted molar refractivity (Wildman–Crippen MR) is 278 cm³/mol. The number of aromatic carboxylic acids is 1. The van der Waals surface area contributed by atoms with Gasteiger partial charge in [0.2, 0.25) is 11.6 Å². The van der Waals surface area contributed by atoms with Crippen molar-refractivity contribution in [2.75, 3.05) is 82.8 Å². The second kappa shape index (κ2) is 23.7. The minimum Gasteiger partial charge on any atom is -0.491 e. The molecule has 6 aliphatic heterocycles. The zero-order valence-corrected chi connectivity index (χ0v) is 45.6. The molecule has 81 heavy (non-hydrogen) atoms. The van der Waals surface area contributed by atoms with Crippen LogP contribution in [0.15, 0.2) is 36.7 Å². The molecule has 4 saturated heterocycles. The monoisotopic (exact) mass is 1150 g/mol. The molecule has 0 unspecified atom stereocenters. The number of pyridine rings is 2. The molecule has 24 nitrogen and oxygen atoms in total. The molecule has 4 amide bonds. The summed E-state index contributed by atoms with van der Waals surface area (Å²) in [6, 6.07) is 3.48. The topological polar surface area (TPSA) is 284 Å². The number of nitrogens with two attached hydrogens (primary N) is 1. The smallest absolute Gasteiger partial charge is 0.403 e. The molecule has 4 aromatic rings. The molecule has 0 radical (unpaired) electrons. The zero-order chi connectivity index (χ0) is 58.9. The van der Waals surface area contributed by atoms with Gasteiger partial charge in [-0.05, 0) is 73.4 Å². The van der Waals surface area contributed by atoms with Crippen LogP contribution in [-0.2, 0) is 18.9 Å². The summed E-state index contributed by atoms with van der Waals surface area (Å²) >= 11 is 0. The average Bonchev–Trinajstić information content (AvgIpc) is 4.17. The predicted octanol–water partition coefficient (Wildman–Crippen LogP) is 7.05. The molecule has 0 aliphatic carbocycles. The van der Waals surface area contributed by atoms with Gasteiger partial charge in [0.05, 0.1) is 48.6 Å².